The number of nitro benzene ring substituents is 1. The van der Waals surface area contributed by atoms with E-state index in [-0.39, 0.29) is 22.9 Å². The van der Waals surface area contributed by atoms with Crippen LogP contribution >= 0.6 is 11.6 Å². The number of nitro groups is 1. The Hall–Kier alpha value is -2.67. The number of amides is 1. The van der Waals surface area contributed by atoms with Gasteiger partial charge >= 0.3 is 5.69 Å². The fraction of sp³-hybridized carbons (Fsp3) is 0. The van der Waals surface area contributed by atoms with Crippen molar-refractivity contribution in [1.82, 2.24) is 4.98 Å². The van der Waals surface area contributed by atoms with Gasteiger partial charge in [0.1, 0.15) is 0 Å². The van der Waals surface area contributed by atoms with Crippen molar-refractivity contribution >= 4 is 23.2 Å². The molecule has 0 saturated carbocycles. The van der Waals surface area contributed by atoms with E-state index in [2.05, 4.69) is 4.98 Å². The fourth-order valence-corrected chi connectivity index (χ4v) is 1.55. The monoisotopic (exact) mass is 293 g/mol. The van der Waals surface area contributed by atoms with Crippen molar-refractivity contribution in [2.24, 2.45) is 5.73 Å². The van der Waals surface area contributed by atoms with Crippen LogP contribution in [-0.2, 0) is 0 Å². The van der Waals surface area contributed by atoms with Gasteiger partial charge in [-0.05, 0) is 18.2 Å². The first-order chi connectivity index (χ1) is 9.47. The quantitative estimate of drug-likeness (QED) is 0.688. The predicted molar refractivity (Wildman–Crippen MR) is 70.9 cm³/mol. The molecule has 0 unspecified atom stereocenters. The van der Waals surface area contributed by atoms with E-state index >= 15 is 0 Å². The Morgan fingerprint density at radius 1 is 1.35 bits per heavy atom. The van der Waals surface area contributed by atoms with Gasteiger partial charge in [-0.1, -0.05) is 11.6 Å². The number of aromatic nitrogens is 1. The number of nitrogens with zero attached hydrogens (tertiary/aromatic N) is 2. The maximum Gasteiger partial charge on any atom is 0.312 e. The predicted octanol–water partition coefficient (Wildman–Crippen LogP) is 2.53. The van der Waals surface area contributed by atoms with Gasteiger partial charge < -0.3 is 10.5 Å². The minimum Gasteiger partial charge on any atom is -0.432 e. The Balaban J connectivity index is 2.38. The first kappa shape index (κ1) is 13.8. The average molecular weight is 294 g/mol. The lowest BCUT2D eigenvalue weighted by Crippen LogP contribution is -2.11. The number of rotatable bonds is 4. The number of hydrogen-bond donors (Lipinski definition) is 1. The normalized spacial score (nSPS) is 10.1. The van der Waals surface area contributed by atoms with E-state index < -0.39 is 10.8 Å². The summed E-state index contributed by atoms with van der Waals surface area (Å²) in [7, 11) is 0. The summed E-state index contributed by atoms with van der Waals surface area (Å²) in [5.74, 6) is -0.664. The number of benzene rings is 1. The summed E-state index contributed by atoms with van der Waals surface area (Å²) < 4.78 is 5.30. The molecule has 0 aliphatic rings. The van der Waals surface area contributed by atoms with Crippen LogP contribution in [0, 0.1) is 10.1 Å². The standard InChI is InChI=1S/C12H8ClN3O4/c13-8-2-4-11(15-6-8)20-10-3-1-7(12(14)17)5-9(10)16(18)19/h1-6H,(H2,14,17). The Morgan fingerprint density at radius 2 is 2.10 bits per heavy atom. The molecule has 2 rings (SSSR count). The summed E-state index contributed by atoms with van der Waals surface area (Å²) in [5.41, 5.74) is 4.72. The molecule has 0 atom stereocenters. The third-order valence-electron chi connectivity index (χ3n) is 2.35. The first-order valence-corrected chi connectivity index (χ1v) is 5.73. The zero-order chi connectivity index (χ0) is 14.7. The van der Waals surface area contributed by atoms with Crippen molar-refractivity contribution < 1.29 is 14.5 Å². The van der Waals surface area contributed by atoms with Crippen LogP contribution < -0.4 is 10.5 Å². The van der Waals surface area contributed by atoms with Crippen molar-refractivity contribution in [1.29, 1.82) is 0 Å². The summed E-state index contributed by atoms with van der Waals surface area (Å²) in [6.07, 6.45) is 1.35. The molecule has 1 heterocycles. The lowest BCUT2D eigenvalue weighted by Gasteiger charge is -2.06. The maximum absolute atomic E-state index is 11.0. The molecule has 0 spiro atoms. The highest BCUT2D eigenvalue weighted by molar-refractivity contribution is 6.30. The number of nitrogens with two attached hydrogens (primary N) is 1. The second-order valence-electron chi connectivity index (χ2n) is 3.72. The van der Waals surface area contributed by atoms with Gasteiger partial charge in [-0.2, -0.15) is 0 Å². The van der Waals surface area contributed by atoms with Crippen LogP contribution in [0.5, 0.6) is 11.6 Å². The number of primary amides is 1. The molecule has 0 radical (unpaired) electrons. The summed E-state index contributed by atoms with van der Waals surface area (Å²) >= 11 is 5.67. The van der Waals surface area contributed by atoms with E-state index in [1.165, 1.54) is 30.5 Å². The number of carbonyl (C=O) groups excluding carboxylic acids is 1. The van der Waals surface area contributed by atoms with Crippen LogP contribution in [0.4, 0.5) is 5.69 Å². The second kappa shape index (κ2) is 5.54. The van der Waals surface area contributed by atoms with Crippen molar-refractivity contribution in [3.8, 4) is 11.6 Å². The van der Waals surface area contributed by atoms with E-state index in [9.17, 15) is 14.9 Å². The van der Waals surface area contributed by atoms with Gasteiger partial charge in [0.05, 0.1) is 9.95 Å². The highest BCUT2D eigenvalue weighted by Crippen LogP contribution is 2.31. The van der Waals surface area contributed by atoms with Gasteiger partial charge in [-0.15, -0.1) is 0 Å². The lowest BCUT2D eigenvalue weighted by molar-refractivity contribution is -0.385. The van der Waals surface area contributed by atoms with Gasteiger partial charge in [-0.25, -0.2) is 4.98 Å². The number of pyridine rings is 1. The Labute approximate surface area is 118 Å². The van der Waals surface area contributed by atoms with Crippen LogP contribution in [0.15, 0.2) is 36.5 Å². The molecule has 0 saturated heterocycles. The lowest BCUT2D eigenvalue weighted by atomic mass is 10.2. The van der Waals surface area contributed by atoms with E-state index in [0.717, 1.165) is 6.07 Å². The van der Waals surface area contributed by atoms with Gasteiger partial charge in [-0.3, -0.25) is 14.9 Å². The molecule has 0 aliphatic carbocycles. The Kier molecular flexibility index (Phi) is 3.81. The minimum atomic E-state index is -0.760. The van der Waals surface area contributed by atoms with E-state index in [4.69, 9.17) is 22.1 Å². The van der Waals surface area contributed by atoms with Crippen molar-refractivity contribution in [3.63, 3.8) is 0 Å². The third kappa shape index (κ3) is 3.01. The third-order valence-corrected chi connectivity index (χ3v) is 2.58. The van der Waals surface area contributed by atoms with Crippen molar-refractivity contribution in [2.45, 2.75) is 0 Å². The van der Waals surface area contributed by atoms with Crippen LogP contribution in [0.1, 0.15) is 10.4 Å². The number of ether oxygens (including phenoxy) is 1. The number of halogens is 1. The molecule has 2 aromatic rings. The van der Waals surface area contributed by atoms with Crippen LogP contribution in [0.3, 0.4) is 0 Å². The first-order valence-electron chi connectivity index (χ1n) is 5.35. The van der Waals surface area contributed by atoms with E-state index in [1.54, 1.807) is 0 Å². The Morgan fingerprint density at radius 3 is 2.65 bits per heavy atom. The molecule has 0 fully saturated rings. The number of hydrogen-bond acceptors (Lipinski definition) is 5. The fourth-order valence-electron chi connectivity index (χ4n) is 1.43. The van der Waals surface area contributed by atoms with Crippen molar-refractivity contribution in [3.05, 3.63) is 57.2 Å². The molecule has 8 heteroatoms. The summed E-state index contributed by atoms with van der Waals surface area (Å²) in [5, 5.41) is 11.4. The molecule has 7 nitrogen and oxygen atoms in total. The molecule has 0 aliphatic heterocycles. The zero-order valence-corrected chi connectivity index (χ0v) is 10.7. The molecule has 2 N–H and O–H groups in total. The maximum atomic E-state index is 11.0. The van der Waals surface area contributed by atoms with E-state index in [1.807, 2.05) is 0 Å². The summed E-state index contributed by atoms with van der Waals surface area (Å²) in [6, 6.07) is 6.67. The molecule has 20 heavy (non-hydrogen) atoms. The van der Waals surface area contributed by atoms with Gasteiger partial charge in [0, 0.05) is 23.9 Å². The molecule has 1 aromatic carbocycles. The smallest absolute Gasteiger partial charge is 0.312 e. The molecule has 1 amide bonds. The van der Waals surface area contributed by atoms with Crippen LogP contribution in [0.2, 0.25) is 5.02 Å². The molecule has 102 valence electrons. The molecular weight excluding hydrogens is 286 g/mol. The second-order valence-corrected chi connectivity index (χ2v) is 4.16. The molecular formula is C12H8ClN3O4. The topological polar surface area (TPSA) is 108 Å². The average Bonchev–Trinajstić information content (AvgIpc) is 2.41. The highest BCUT2D eigenvalue weighted by Gasteiger charge is 2.18. The van der Waals surface area contributed by atoms with Crippen LogP contribution in [-0.4, -0.2) is 15.8 Å². The van der Waals surface area contributed by atoms with Gasteiger partial charge in [0.25, 0.3) is 0 Å². The summed E-state index contributed by atoms with van der Waals surface area (Å²) in [6.45, 7) is 0. The number of carbonyl (C=O) groups is 1. The minimum absolute atomic E-state index is 0.0214. The molecule has 1 aromatic heterocycles. The van der Waals surface area contributed by atoms with Gasteiger partial charge in [0.2, 0.25) is 17.5 Å². The highest BCUT2D eigenvalue weighted by atomic mass is 35.5. The van der Waals surface area contributed by atoms with Crippen LogP contribution in [0.25, 0.3) is 0 Å². The van der Waals surface area contributed by atoms with Gasteiger partial charge in [0.15, 0.2) is 0 Å². The summed E-state index contributed by atoms with van der Waals surface area (Å²) in [4.78, 5) is 25.2. The van der Waals surface area contributed by atoms with Crippen molar-refractivity contribution in [2.75, 3.05) is 0 Å². The Bertz CT molecular complexity index is 673. The largest absolute Gasteiger partial charge is 0.432 e. The van der Waals surface area contributed by atoms with E-state index in [0.29, 0.717) is 5.02 Å². The molecule has 0 bridgehead atoms. The zero-order valence-electron chi connectivity index (χ0n) is 9.95. The SMILES string of the molecule is NC(=O)c1ccc(Oc2ccc(Cl)cn2)c([N+](=O)[O-])c1.